The fourth-order valence-electron chi connectivity index (χ4n) is 1.49. The lowest BCUT2D eigenvalue weighted by molar-refractivity contribution is 0.0696. The first-order valence-corrected chi connectivity index (χ1v) is 5.84. The number of hydrogen-bond acceptors (Lipinski definition) is 3. The highest BCUT2D eigenvalue weighted by molar-refractivity contribution is 5.87. The molecule has 0 fully saturated rings. The van der Waals surface area contributed by atoms with Gasteiger partial charge in [0, 0.05) is 19.8 Å². The first-order chi connectivity index (χ1) is 8.24. The van der Waals surface area contributed by atoms with E-state index in [1.165, 1.54) is 0 Å². The van der Waals surface area contributed by atoms with Gasteiger partial charge in [-0.05, 0) is 37.6 Å². The Morgan fingerprint density at radius 2 is 2.29 bits per heavy atom. The summed E-state index contributed by atoms with van der Waals surface area (Å²) in [5, 5.41) is 12.1. The van der Waals surface area contributed by atoms with Crippen molar-refractivity contribution >= 4 is 5.97 Å². The lowest BCUT2D eigenvalue weighted by Gasteiger charge is -2.05. The number of nitrogens with one attached hydrogen (secondary N) is 1. The molecule has 0 aliphatic carbocycles. The molecule has 1 rings (SSSR count). The second kappa shape index (κ2) is 7.81. The van der Waals surface area contributed by atoms with E-state index in [1.54, 1.807) is 18.2 Å². The summed E-state index contributed by atoms with van der Waals surface area (Å²) in [6, 6.07) is 6.97. The van der Waals surface area contributed by atoms with Crippen LogP contribution >= 0.6 is 0 Å². The maximum Gasteiger partial charge on any atom is 0.335 e. The monoisotopic (exact) mass is 237 g/mol. The van der Waals surface area contributed by atoms with E-state index >= 15 is 0 Å². The number of carboxylic acid groups (broad SMARTS) is 1. The maximum atomic E-state index is 10.8. The Kier molecular flexibility index (Phi) is 6.29. The van der Waals surface area contributed by atoms with Crippen molar-refractivity contribution in [3.8, 4) is 0 Å². The molecular weight excluding hydrogens is 218 g/mol. The predicted molar refractivity (Wildman–Crippen MR) is 66.2 cm³/mol. The fourth-order valence-corrected chi connectivity index (χ4v) is 1.49. The summed E-state index contributed by atoms with van der Waals surface area (Å²) in [5.41, 5.74) is 1.32. The molecule has 0 amide bonds. The standard InChI is InChI=1S/C13H19NO3/c1-2-17-8-4-7-14-10-11-5-3-6-12(9-11)13(15)16/h3,5-6,9,14H,2,4,7-8,10H2,1H3,(H,15,16). The Morgan fingerprint density at radius 1 is 1.47 bits per heavy atom. The molecule has 0 saturated heterocycles. The van der Waals surface area contributed by atoms with Gasteiger partial charge >= 0.3 is 5.97 Å². The van der Waals surface area contributed by atoms with Crippen LogP contribution in [0.2, 0.25) is 0 Å². The molecule has 0 spiro atoms. The molecule has 2 N–H and O–H groups in total. The molecule has 0 aliphatic rings. The van der Waals surface area contributed by atoms with Crippen LogP contribution < -0.4 is 5.32 Å². The van der Waals surface area contributed by atoms with Gasteiger partial charge in [-0.15, -0.1) is 0 Å². The van der Waals surface area contributed by atoms with Crippen LogP contribution in [0.3, 0.4) is 0 Å². The minimum absolute atomic E-state index is 0.332. The summed E-state index contributed by atoms with van der Waals surface area (Å²) in [7, 11) is 0. The largest absolute Gasteiger partial charge is 0.478 e. The quantitative estimate of drug-likeness (QED) is 0.678. The number of carboxylic acids is 1. The second-order valence-electron chi connectivity index (χ2n) is 3.73. The summed E-state index contributed by atoms with van der Waals surface area (Å²) in [4.78, 5) is 10.8. The van der Waals surface area contributed by atoms with E-state index in [4.69, 9.17) is 9.84 Å². The minimum atomic E-state index is -0.886. The number of rotatable bonds is 8. The van der Waals surface area contributed by atoms with Gasteiger partial charge in [0.1, 0.15) is 0 Å². The first kappa shape index (κ1) is 13.7. The highest BCUT2D eigenvalue weighted by Crippen LogP contribution is 2.04. The molecule has 0 unspecified atom stereocenters. The van der Waals surface area contributed by atoms with E-state index in [0.29, 0.717) is 12.1 Å². The smallest absolute Gasteiger partial charge is 0.335 e. The van der Waals surface area contributed by atoms with Gasteiger partial charge in [0.05, 0.1) is 5.56 Å². The average Bonchev–Trinajstić information content (AvgIpc) is 2.34. The Morgan fingerprint density at radius 3 is 3.00 bits per heavy atom. The van der Waals surface area contributed by atoms with Gasteiger partial charge in [0.25, 0.3) is 0 Å². The Hall–Kier alpha value is -1.39. The Balaban J connectivity index is 2.27. The predicted octanol–water partition coefficient (Wildman–Crippen LogP) is 1.90. The summed E-state index contributed by atoms with van der Waals surface area (Å²) in [5.74, 6) is -0.886. The van der Waals surface area contributed by atoms with Crippen molar-refractivity contribution < 1.29 is 14.6 Å². The lowest BCUT2D eigenvalue weighted by Crippen LogP contribution is -2.16. The molecule has 0 saturated carbocycles. The molecule has 0 aliphatic heterocycles. The molecule has 0 bridgehead atoms. The highest BCUT2D eigenvalue weighted by atomic mass is 16.5. The molecule has 0 heterocycles. The van der Waals surface area contributed by atoms with Crippen molar-refractivity contribution in [1.29, 1.82) is 0 Å². The average molecular weight is 237 g/mol. The number of carbonyl (C=O) groups is 1. The molecule has 0 aromatic heterocycles. The van der Waals surface area contributed by atoms with Crippen molar-refractivity contribution in [2.45, 2.75) is 19.9 Å². The van der Waals surface area contributed by atoms with Crippen molar-refractivity contribution in [3.63, 3.8) is 0 Å². The van der Waals surface area contributed by atoms with Crippen molar-refractivity contribution in [1.82, 2.24) is 5.32 Å². The molecular formula is C13H19NO3. The van der Waals surface area contributed by atoms with E-state index in [1.807, 2.05) is 13.0 Å². The SMILES string of the molecule is CCOCCCNCc1cccc(C(=O)O)c1. The summed E-state index contributed by atoms with van der Waals surface area (Å²) in [6.07, 6.45) is 0.965. The number of hydrogen-bond donors (Lipinski definition) is 2. The van der Waals surface area contributed by atoms with Crippen molar-refractivity contribution in [2.24, 2.45) is 0 Å². The van der Waals surface area contributed by atoms with Gasteiger partial charge in [-0.3, -0.25) is 0 Å². The topological polar surface area (TPSA) is 58.6 Å². The van der Waals surface area contributed by atoms with E-state index < -0.39 is 5.97 Å². The fraction of sp³-hybridized carbons (Fsp3) is 0.462. The summed E-state index contributed by atoms with van der Waals surface area (Å²) < 4.78 is 5.22. The molecule has 17 heavy (non-hydrogen) atoms. The van der Waals surface area contributed by atoms with E-state index in [9.17, 15) is 4.79 Å². The highest BCUT2D eigenvalue weighted by Gasteiger charge is 2.02. The van der Waals surface area contributed by atoms with Crippen LogP contribution in [0.4, 0.5) is 0 Å². The lowest BCUT2D eigenvalue weighted by atomic mass is 10.1. The molecule has 0 atom stereocenters. The van der Waals surface area contributed by atoms with E-state index in [2.05, 4.69) is 5.32 Å². The number of aromatic carboxylic acids is 1. The third-order valence-corrected chi connectivity index (χ3v) is 2.35. The van der Waals surface area contributed by atoms with Gasteiger partial charge in [-0.2, -0.15) is 0 Å². The molecule has 4 nitrogen and oxygen atoms in total. The Labute approximate surface area is 102 Å². The van der Waals surface area contributed by atoms with Crippen LogP contribution in [0.25, 0.3) is 0 Å². The van der Waals surface area contributed by atoms with Gasteiger partial charge < -0.3 is 15.2 Å². The van der Waals surface area contributed by atoms with Gasteiger partial charge in [0.2, 0.25) is 0 Å². The molecule has 1 aromatic rings. The van der Waals surface area contributed by atoms with Crippen LogP contribution in [0.1, 0.15) is 29.3 Å². The molecule has 0 radical (unpaired) electrons. The van der Waals surface area contributed by atoms with Gasteiger partial charge in [0.15, 0.2) is 0 Å². The van der Waals surface area contributed by atoms with Crippen molar-refractivity contribution in [3.05, 3.63) is 35.4 Å². The zero-order valence-electron chi connectivity index (χ0n) is 10.1. The summed E-state index contributed by atoms with van der Waals surface area (Å²) in [6.45, 7) is 5.05. The molecule has 94 valence electrons. The normalized spacial score (nSPS) is 10.4. The molecule has 1 aromatic carbocycles. The Bertz CT molecular complexity index is 352. The van der Waals surface area contributed by atoms with Crippen LogP contribution in [0, 0.1) is 0 Å². The minimum Gasteiger partial charge on any atom is -0.478 e. The third kappa shape index (κ3) is 5.47. The van der Waals surface area contributed by atoms with Crippen molar-refractivity contribution in [2.75, 3.05) is 19.8 Å². The van der Waals surface area contributed by atoms with E-state index in [0.717, 1.165) is 31.7 Å². The first-order valence-electron chi connectivity index (χ1n) is 5.84. The van der Waals surface area contributed by atoms with Gasteiger partial charge in [-0.25, -0.2) is 4.79 Å². The second-order valence-corrected chi connectivity index (χ2v) is 3.73. The number of benzene rings is 1. The summed E-state index contributed by atoms with van der Waals surface area (Å²) >= 11 is 0. The molecule has 4 heteroatoms. The van der Waals surface area contributed by atoms with Crippen LogP contribution in [-0.4, -0.2) is 30.8 Å². The number of ether oxygens (including phenoxy) is 1. The van der Waals surface area contributed by atoms with Crippen LogP contribution in [0.5, 0.6) is 0 Å². The zero-order chi connectivity index (χ0) is 12.5. The zero-order valence-corrected chi connectivity index (χ0v) is 10.1. The van der Waals surface area contributed by atoms with Crippen LogP contribution in [0.15, 0.2) is 24.3 Å². The van der Waals surface area contributed by atoms with Gasteiger partial charge in [-0.1, -0.05) is 12.1 Å². The van der Waals surface area contributed by atoms with Crippen LogP contribution in [-0.2, 0) is 11.3 Å². The third-order valence-electron chi connectivity index (χ3n) is 2.35. The van der Waals surface area contributed by atoms with E-state index in [-0.39, 0.29) is 0 Å². The maximum absolute atomic E-state index is 10.8.